The number of methoxy groups -OCH3 is 2. The molecule has 3 rings (SSSR count). The Hall–Kier alpha value is -2.54. The first-order valence-corrected chi connectivity index (χ1v) is 10.2. The Labute approximate surface area is 159 Å². The molecule has 2 aromatic rings. The van der Waals surface area contributed by atoms with Crippen LogP contribution in [0.15, 0.2) is 41.3 Å². The van der Waals surface area contributed by atoms with E-state index in [0.29, 0.717) is 23.5 Å². The summed E-state index contributed by atoms with van der Waals surface area (Å²) in [5.41, 5.74) is 2.36. The molecule has 0 bridgehead atoms. The average molecular weight is 389 g/mol. The van der Waals surface area contributed by atoms with Crippen molar-refractivity contribution in [3.8, 4) is 11.5 Å². The van der Waals surface area contributed by atoms with Gasteiger partial charge in [0, 0.05) is 0 Å². The second-order valence-electron chi connectivity index (χ2n) is 6.59. The highest BCUT2D eigenvalue weighted by Crippen LogP contribution is 2.39. The van der Waals surface area contributed by atoms with E-state index < -0.39 is 21.8 Å². The molecule has 2 aromatic carbocycles. The van der Waals surface area contributed by atoms with Gasteiger partial charge in [-0.1, -0.05) is 18.2 Å². The van der Waals surface area contributed by atoms with Gasteiger partial charge < -0.3 is 9.47 Å². The number of hydrogen-bond acceptors (Lipinski definition) is 5. The summed E-state index contributed by atoms with van der Waals surface area (Å²) in [6.45, 7) is 1.70. The van der Waals surface area contributed by atoms with Crippen LogP contribution in [0, 0.1) is 6.92 Å². The topological polar surface area (TPSA) is 81.7 Å². The minimum absolute atomic E-state index is 0.113. The molecule has 0 fully saturated rings. The van der Waals surface area contributed by atoms with Gasteiger partial charge in [-0.05, 0) is 61.1 Å². The molecule has 0 aromatic heterocycles. The van der Waals surface area contributed by atoms with Crippen molar-refractivity contribution in [1.29, 1.82) is 0 Å². The molecule has 1 aliphatic carbocycles. The molecule has 6 nitrogen and oxygen atoms in total. The molecule has 0 heterocycles. The number of fused-ring (bicyclic) bond motifs is 1. The molecule has 7 heteroatoms. The lowest BCUT2D eigenvalue weighted by Gasteiger charge is -2.26. The number of hydrogen-bond donors (Lipinski definition) is 1. The highest BCUT2D eigenvalue weighted by Gasteiger charge is 2.31. The Morgan fingerprint density at radius 3 is 2.44 bits per heavy atom. The summed E-state index contributed by atoms with van der Waals surface area (Å²) < 4.78 is 38.3. The van der Waals surface area contributed by atoms with E-state index in [9.17, 15) is 13.2 Å². The van der Waals surface area contributed by atoms with Gasteiger partial charge in [0.2, 0.25) is 5.91 Å². The van der Waals surface area contributed by atoms with E-state index >= 15 is 0 Å². The number of ether oxygens (including phenoxy) is 2. The SMILES string of the molecule is COc1cc2c(cc1OC)C(C(=O)NS(=O)(=O)c1ccccc1C)CCC2. The summed E-state index contributed by atoms with van der Waals surface area (Å²) in [5, 5.41) is 0. The van der Waals surface area contributed by atoms with Crippen molar-refractivity contribution in [3.05, 3.63) is 53.1 Å². The average Bonchev–Trinajstić information content (AvgIpc) is 2.66. The van der Waals surface area contributed by atoms with Crippen molar-refractivity contribution in [2.45, 2.75) is 37.0 Å². The summed E-state index contributed by atoms with van der Waals surface area (Å²) in [4.78, 5) is 13.0. The number of nitrogens with one attached hydrogen (secondary N) is 1. The smallest absolute Gasteiger partial charge is 0.264 e. The fraction of sp³-hybridized carbons (Fsp3) is 0.350. The number of benzene rings is 2. The van der Waals surface area contributed by atoms with Crippen molar-refractivity contribution in [1.82, 2.24) is 4.72 Å². The van der Waals surface area contributed by atoms with Gasteiger partial charge in [-0.25, -0.2) is 13.1 Å². The third-order valence-electron chi connectivity index (χ3n) is 4.89. The monoisotopic (exact) mass is 389 g/mol. The maximum Gasteiger partial charge on any atom is 0.264 e. The van der Waals surface area contributed by atoms with Crippen LogP contribution in [0.5, 0.6) is 11.5 Å². The van der Waals surface area contributed by atoms with Crippen LogP contribution in [0.25, 0.3) is 0 Å². The fourth-order valence-electron chi connectivity index (χ4n) is 3.52. The van der Waals surface area contributed by atoms with E-state index in [1.807, 2.05) is 6.07 Å². The quantitative estimate of drug-likeness (QED) is 0.850. The van der Waals surface area contributed by atoms with Crippen LogP contribution in [0.4, 0.5) is 0 Å². The molecule has 27 heavy (non-hydrogen) atoms. The van der Waals surface area contributed by atoms with Crippen LogP contribution in [-0.4, -0.2) is 28.5 Å². The lowest BCUT2D eigenvalue weighted by molar-refractivity contribution is -0.121. The van der Waals surface area contributed by atoms with Gasteiger partial charge in [-0.3, -0.25) is 4.79 Å². The Balaban J connectivity index is 1.92. The van der Waals surface area contributed by atoms with Gasteiger partial charge in [0.05, 0.1) is 25.0 Å². The van der Waals surface area contributed by atoms with E-state index in [0.717, 1.165) is 24.0 Å². The maximum absolute atomic E-state index is 12.9. The molecule has 0 saturated heterocycles. The third-order valence-corrected chi connectivity index (χ3v) is 6.40. The maximum atomic E-state index is 12.9. The van der Waals surface area contributed by atoms with Crippen LogP contribution in [0.3, 0.4) is 0 Å². The van der Waals surface area contributed by atoms with Gasteiger partial charge in [0.25, 0.3) is 10.0 Å². The Bertz CT molecular complexity index is 968. The fourth-order valence-corrected chi connectivity index (χ4v) is 4.79. The molecule has 0 saturated carbocycles. The van der Waals surface area contributed by atoms with Crippen LogP contribution in [-0.2, 0) is 21.2 Å². The highest BCUT2D eigenvalue weighted by atomic mass is 32.2. The molecule has 0 radical (unpaired) electrons. The van der Waals surface area contributed by atoms with Crippen molar-refractivity contribution >= 4 is 15.9 Å². The summed E-state index contributed by atoms with van der Waals surface area (Å²) in [7, 11) is -0.832. The van der Waals surface area contributed by atoms with Crippen LogP contribution in [0.2, 0.25) is 0 Å². The zero-order chi connectivity index (χ0) is 19.6. The number of carbonyl (C=O) groups excluding carboxylic acids is 1. The minimum atomic E-state index is -3.93. The molecular weight excluding hydrogens is 366 g/mol. The van der Waals surface area contributed by atoms with Gasteiger partial charge in [-0.2, -0.15) is 0 Å². The zero-order valence-corrected chi connectivity index (χ0v) is 16.4. The standard InChI is InChI=1S/C20H23NO5S/c1-13-7-4-5-10-19(13)27(23,24)21-20(22)15-9-6-8-14-11-17(25-2)18(26-3)12-16(14)15/h4-5,7,10-12,15H,6,8-9H2,1-3H3,(H,21,22). The van der Waals surface area contributed by atoms with E-state index in [-0.39, 0.29) is 4.90 Å². The number of aryl methyl sites for hydroxylation is 2. The molecule has 1 atom stereocenters. The van der Waals surface area contributed by atoms with E-state index in [4.69, 9.17) is 9.47 Å². The molecule has 1 unspecified atom stereocenters. The lowest BCUT2D eigenvalue weighted by Crippen LogP contribution is -2.36. The zero-order valence-electron chi connectivity index (χ0n) is 15.6. The first-order valence-electron chi connectivity index (χ1n) is 8.74. The van der Waals surface area contributed by atoms with Gasteiger partial charge >= 0.3 is 0 Å². The predicted molar refractivity (Wildman–Crippen MR) is 102 cm³/mol. The van der Waals surface area contributed by atoms with Gasteiger partial charge in [-0.15, -0.1) is 0 Å². The molecule has 0 spiro atoms. The van der Waals surface area contributed by atoms with E-state index in [1.54, 1.807) is 38.3 Å². The minimum Gasteiger partial charge on any atom is -0.493 e. The van der Waals surface area contributed by atoms with Crippen molar-refractivity contribution in [3.63, 3.8) is 0 Å². The van der Waals surface area contributed by atoms with Crippen LogP contribution in [0.1, 0.15) is 35.4 Å². The largest absolute Gasteiger partial charge is 0.493 e. The Kier molecular flexibility index (Phi) is 5.41. The van der Waals surface area contributed by atoms with Gasteiger partial charge in [0.15, 0.2) is 11.5 Å². The molecule has 0 aliphatic heterocycles. The second kappa shape index (κ2) is 7.60. The number of rotatable bonds is 5. The van der Waals surface area contributed by atoms with Crippen molar-refractivity contribution in [2.24, 2.45) is 0 Å². The summed E-state index contributed by atoms with van der Waals surface area (Å²) >= 11 is 0. The molecule has 1 N–H and O–H groups in total. The van der Waals surface area contributed by atoms with Crippen molar-refractivity contribution in [2.75, 3.05) is 14.2 Å². The molecule has 1 aliphatic rings. The van der Waals surface area contributed by atoms with Crippen LogP contribution < -0.4 is 14.2 Å². The molecule has 1 amide bonds. The summed E-state index contributed by atoms with van der Waals surface area (Å²) in [6.07, 6.45) is 2.19. The summed E-state index contributed by atoms with van der Waals surface area (Å²) in [6, 6.07) is 10.2. The summed E-state index contributed by atoms with van der Waals surface area (Å²) in [5.74, 6) is 0.0568. The van der Waals surface area contributed by atoms with E-state index in [1.165, 1.54) is 13.2 Å². The predicted octanol–water partition coefficient (Wildman–Crippen LogP) is 2.94. The lowest BCUT2D eigenvalue weighted by atomic mass is 9.82. The van der Waals surface area contributed by atoms with Crippen molar-refractivity contribution < 1.29 is 22.7 Å². The second-order valence-corrected chi connectivity index (χ2v) is 8.24. The Morgan fingerprint density at radius 1 is 1.11 bits per heavy atom. The van der Waals surface area contributed by atoms with E-state index in [2.05, 4.69) is 4.72 Å². The van der Waals surface area contributed by atoms with Crippen LogP contribution >= 0.6 is 0 Å². The normalized spacial score (nSPS) is 16.3. The Morgan fingerprint density at radius 2 is 1.78 bits per heavy atom. The van der Waals surface area contributed by atoms with Gasteiger partial charge in [0.1, 0.15) is 0 Å². The third kappa shape index (κ3) is 3.78. The number of sulfonamides is 1. The molecular formula is C20H23NO5S. The number of carbonyl (C=O) groups is 1. The highest BCUT2D eigenvalue weighted by molar-refractivity contribution is 7.90. The molecule has 144 valence electrons. The first kappa shape index (κ1) is 19.2. The number of amides is 1. The first-order chi connectivity index (χ1) is 12.9.